The Morgan fingerprint density at radius 3 is 2.46 bits per heavy atom. The van der Waals surface area contributed by atoms with Gasteiger partial charge in [0, 0.05) is 39.8 Å². The predicted octanol–water partition coefficient (Wildman–Crippen LogP) is 0.646. The number of nitrogens with zero attached hydrogens (tertiary/aromatic N) is 4. The van der Waals surface area contributed by atoms with E-state index in [-0.39, 0.29) is 23.8 Å². The number of rotatable bonds is 2. The van der Waals surface area contributed by atoms with Crippen molar-refractivity contribution in [3.63, 3.8) is 0 Å². The Morgan fingerprint density at radius 2 is 2.00 bits per heavy atom. The van der Waals surface area contributed by atoms with E-state index in [2.05, 4.69) is 5.10 Å². The summed E-state index contributed by atoms with van der Waals surface area (Å²) < 4.78 is 1.63. The summed E-state index contributed by atoms with van der Waals surface area (Å²) in [5.74, 6) is 0.0292. The number of hydrogen-bond acceptors (Lipinski definition) is 4. The number of likely N-dealkylation sites (tertiary alicyclic amines) is 2. The van der Waals surface area contributed by atoms with Crippen molar-refractivity contribution >= 4 is 11.8 Å². The topological polar surface area (TPSA) is 78.7 Å². The summed E-state index contributed by atoms with van der Waals surface area (Å²) in [6.45, 7) is 5.53. The zero-order chi connectivity index (χ0) is 17.5. The van der Waals surface area contributed by atoms with Crippen LogP contribution in [0, 0.1) is 5.41 Å². The molecule has 1 aromatic rings. The molecule has 0 aromatic carbocycles. The fourth-order valence-electron chi connectivity index (χ4n) is 4.35. The van der Waals surface area contributed by atoms with Gasteiger partial charge in [0.15, 0.2) is 0 Å². The maximum absolute atomic E-state index is 12.5. The Labute approximate surface area is 142 Å². The van der Waals surface area contributed by atoms with Crippen LogP contribution in [0.2, 0.25) is 0 Å². The predicted molar refractivity (Wildman–Crippen MR) is 88.3 cm³/mol. The van der Waals surface area contributed by atoms with Crippen LogP contribution in [0.3, 0.4) is 0 Å². The molecule has 3 heterocycles. The number of carbonyl (C=O) groups is 2. The lowest BCUT2D eigenvalue weighted by atomic mass is 9.74. The molecule has 0 saturated carbocycles. The van der Waals surface area contributed by atoms with Crippen molar-refractivity contribution in [3.8, 4) is 0 Å². The van der Waals surface area contributed by atoms with Crippen LogP contribution in [-0.4, -0.2) is 68.3 Å². The summed E-state index contributed by atoms with van der Waals surface area (Å²) in [5.41, 5.74) is 0.140. The first-order valence-corrected chi connectivity index (χ1v) is 8.46. The smallest absolute Gasteiger partial charge is 0.257 e. The number of amides is 2. The lowest BCUT2D eigenvalue weighted by Crippen LogP contribution is -2.46. The van der Waals surface area contributed by atoms with Gasteiger partial charge in [-0.1, -0.05) is 0 Å². The molecular formula is C17H26N4O3. The quantitative estimate of drug-likeness (QED) is 0.861. The highest BCUT2D eigenvalue weighted by Gasteiger charge is 2.52. The van der Waals surface area contributed by atoms with E-state index in [0.717, 1.165) is 19.3 Å². The zero-order valence-corrected chi connectivity index (χ0v) is 14.7. The zero-order valence-electron chi connectivity index (χ0n) is 14.7. The van der Waals surface area contributed by atoms with Crippen molar-refractivity contribution in [2.45, 2.75) is 38.6 Å². The van der Waals surface area contributed by atoms with Gasteiger partial charge in [-0.05, 0) is 31.6 Å². The van der Waals surface area contributed by atoms with Crippen LogP contribution in [-0.2, 0) is 11.8 Å². The number of piperidine rings is 1. The van der Waals surface area contributed by atoms with E-state index in [0.29, 0.717) is 25.2 Å². The summed E-state index contributed by atoms with van der Waals surface area (Å²) >= 11 is 0. The summed E-state index contributed by atoms with van der Waals surface area (Å²) in [5, 5.41) is 13.8. The minimum atomic E-state index is -0.485. The van der Waals surface area contributed by atoms with Crippen molar-refractivity contribution in [2.24, 2.45) is 12.5 Å². The molecule has 0 unspecified atom stereocenters. The van der Waals surface area contributed by atoms with E-state index in [1.807, 2.05) is 16.7 Å². The van der Waals surface area contributed by atoms with Crippen LogP contribution >= 0.6 is 0 Å². The van der Waals surface area contributed by atoms with Gasteiger partial charge in [0.2, 0.25) is 5.91 Å². The Kier molecular flexibility index (Phi) is 4.15. The van der Waals surface area contributed by atoms with E-state index in [1.54, 1.807) is 31.0 Å². The van der Waals surface area contributed by atoms with Crippen LogP contribution < -0.4 is 0 Å². The first-order valence-electron chi connectivity index (χ1n) is 8.46. The summed E-state index contributed by atoms with van der Waals surface area (Å²) in [7, 11) is 1.80. The number of hydrogen-bond donors (Lipinski definition) is 1. The van der Waals surface area contributed by atoms with E-state index < -0.39 is 5.54 Å². The number of aliphatic hydroxyl groups excluding tert-OH is 1. The Morgan fingerprint density at radius 1 is 1.33 bits per heavy atom. The highest BCUT2D eigenvalue weighted by atomic mass is 16.3. The molecular weight excluding hydrogens is 308 g/mol. The molecule has 2 aliphatic heterocycles. The van der Waals surface area contributed by atoms with Gasteiger partial charge in [-0.2, -0.15) is 5.10 Å². The maximum atomic E-state index is 12.5. The molecule has 0 aliphatic carbocycles. The van der Waals surface area contributed by atoms with Gasteiger partial charge in [-0.15, -0.1) is 0 Å². The van der Waals surface area contributed by atoms with Crippen molar-refractivity contribution in [3.05, 3.63) is 18.0 Å². The van der Waals surface area contributed by atoms with Gasteiger partial charge in [-0.3, -0.25) is 14.3 Å². The average molecular weight is 334 g/mol. The van der Waals surface area contributed by atoms with Crippen molar-refractivity contribution in [2.75, 3.05) is 26.2 Å². The van der Waals surface area contributed by atoms with Crippen LogP contribution in [0.5, 0.6) is 0 Å². The molecule has 3 rings (SSSR count). The first kappa shape index (κ1) is 17.0. The average Bonchev–Trinajstić information content (AvgIpc) is 3.10. The van der Waals surface area contributed by atoms with E-state index in [1.165, 1.54) is 0 Å². The number of carbonyl (C=O) groups excluding carboxylic acids is 2. The molecule has 24 heavy (non-hydrogen) atoms. The largest absolute Gasteiger partial charge is 0.394 e. The Hall–Kier alpha value is -1.89. The van der Waals surface area contributed by atoms with Crippen molar-refractivity contribution in [1.82, 2.24) is 19.6 Å². The molecule has 7 heteroatoms. The molecule has 1 aromatic heterocycles. The molecule has 2 amide bonds. The normalized spacial score (nSPS) is 26.2. The van der Waals surface area contributed by atoms with Crippen LogP contribution in [0.15, 0.2) is 12.4 Å². The molecule has 2 fully saturated rings. The fourth-order valence-corrected chi connectivity index (χ4v) is 4.35. The minimum absolute atomic E-state index is 0.00880. The van der Waals surface area contributed by atoms with E-state index in [4.69, 9.17) is 0 Å². The van der Waals surface area contributed by atoms with Crippen molar-refractivity contribution in [1.29, 1.82) is 0 Å². The third-order valence-electron chi connectivity index (χ3n) is 5.68. The monoisotopic (exact) mass is 334 g/mol. The second-order valence-corrected chi connectivity index (χ2v) is 7.63. The highest BCUT2D eigenvalue weighted by Crippen LogP contribution is 2.48. The maximum Gasteiger partial charge on any atom is 0.257 e. The number of aromatic nitrogens is 2. The molecule has 2 aliphatic rings. The van der Waals surface area contributed by atoms with E-state index in [9.17, 15) is 14.7 Å². The van der Waals surface area contributed by atoms with Gasteiger partial charge < -0.3 is 14.9 Å². The Balaban J connectivity index is 1.69. The highest BCUT2D eigenvalue weighted by molar-refractivity contribution is 5.93. The lowest BCUT2D eigenvalue weighted by molar-refractivity contribution is -0.134. The third kappa shape index (κ3) is 2.81. The summed E-state index contributed by atoms with van der Waals surface area (Å²) in [6.07, 6.45) is 5.85. The molecule has 2 saturated heterocycles. The molecule has 0 radical (unpaired) electrons. The standard InChI is InChI=1S/C17H26N4O3/c1-13(23)21-11-17(10-16(21,2)12-22)4-6-20(7-5-17)15(24)14-8-18-19(3)9-14/h8-9,22H,4-7,10-12H2,1-3H3/t16-/m0/s1. The minimum Gasteiger partial charge on any atom is -0.394 e. The van der Waals surface area contributed by atoms with Crippen LogP contribution in [0.4, 0.5) is 0 Å². The fraction of sp³-hybridized carbons (Fsp3) is 0.706. The number of aliphatic hydroxyl groups is 1. The summed E-state index contributed by atoms with van der Waals surface area (Å²) in [4.78, 5) is 28.2. The van der Waals surface area contributed by atoms with Gasteiger partial charge in [0.25, 0.3) is 5.91 Å². The van der Waals surface area contributed by atoms with Gasteiger partial charge in [-0.25, -0.2) is 0 Å². The molecule has 1 atom stereocenters. The first-order chi connectivity index (χ1) is 11.3. The van der Waals surface area contributed by atoms with Crippen LogP contribution in [0.1, 0.15) is 43.5 Å². The molecule has 1 N–H and O–H groups in total. The molecule has 132 valence electrons. The molecule has 7 nitrogen and oxygen atoms in total. The van der Waals surface area contributed by atoms with Crippen molar-refractivity contribution < 1.29 is 14.7 Å². The Bertz CT molecular complexity index is 648. The second-order valence-electron chi connectivity index (χ2n) is 7.63. The van der Waals surface area contributed by atoms with Crippen LogP contribution in [0.25, 0.3) is 0 Å². The second kappa shape index (κ2) is 5.88. The summed E-state index contributed by atoms with van der Waals surface area (Å²) in [6, 6.07) is 0. The number of aryl methyl sites for hydroxylation is 1. The molecule has 1 spiro atoms. The van der Waals surface area contributed by atoms with Gasteiger partial charge in [0.05, 0.1) is 23.9 Å². The van der Waals surface area contributed by atoms with Gasteiger partial charge >= 0.3 is 0 Å². The van der Waals surface area contributed by atoms with Gasteiger partial charge in [0.1, 0.15) is 0 Å². The lowest BCUT2D eigenvalue weighted by Gasteiger charge is -2.39. The third-order valence-corrected chi connectivity index (χ3v) is 5.68. The van der Waals surface area contributed by atoms with E-state index >= 15 is 0 Å². The SMILES string of the molecule is CC(=O)N1CC2(CCN(C(=O)c3cnn(C)c3)CC2)C[C@@]1(C)CO. The molecule has 0 bridgehead atoms.